The normalized spacial score (nSPS) is 11.4. The van der Waals surface area contributed by atoms with E-state index in [2.05, 4.69) is 15.7 Å². The molecule has 1 rings (SSSR count). The number of guanidine groups is 1. The van der Waals surface area contributed by atoms with E-state index >= 15 is 0 Å². The summed E-state index contributed by atoms with van der Waals surface area (Å²) in [5.41, 5.74) is 2.86. The van der Waals surface area contributed by atoms with Crippen molar-refractivity contribution in [3.63, 3.8) is 0 Å². The minimum atomic E-state index is 0.348. The van der Waals surface area contributed by atoms with E-state index < -0.39 is 0 Å². The highest BCUT2D eigenvalue weighted by Crippen LogP contribution is 2.33. The van der Waals surface area contributed by atoms with E-state index in [-0.39, 0.29) is 0 Å². The van der Waals surface area contributed by atoms with Crippen molar-refractivity contribution in [2.45, 2.75) is 0 Å². The van der Waals surface area contributed by atoms with E-state index in [1.165, 1.54) is 0 Å². The third-order valence-corrected chi connectivity index (χ3v) is 2.43. The standard InChI is InChI=1S/C8H9Cl3N4/c1-13-8(15-12)14-7-5(10)2-4(9)3-6(7)11/h2-3H,12H2,1H3,(H2,13,14,15). The van der Waals surface area contributed by atoms with E-state index in [1.807, 2.05) is 0 Å². The Bertz CT molecular complexity index is 368. The van der Waals surface area contributed by atoms with Gasteiger partial charge in [0, 0.05) is 12.1 Å². The average molecular weight is 268 g/mol. The smallest absolute Gasteiger partial charge is 0.210 e. The zero-order valence-electron chi connectivity index (χ0n) is 7.81. The van der Waals surface area contributed by atoms with Crippen LogP contribution in [0.5, 0.6) is 0 Å². The van der Waals surface area contributed by atoms with Crippen molar-refractivity contribution < 1.29 is 0 Å². The highest BCUT2D eigenvalue weighted by Gasteiger charge is 2.08. The first-order chi connectivity index (χ1) is 7.08. The summed E-state index contributed by atoms with van der Waals surface area (Å²) in [6.45, 7) is 0. The molecular formula is C8H9Cl3N4. The average Bonchev–Trinajstić information content (AvgIpc) is 2.17. The van der Waals surface area contributed by atoms with Crippen LogP contribution in [-0.4, -0.2) is 13.0 Å². The second-order valence-electron chi connectivity index (χ2n) is 2.59. The molecule has 0 aromatic heterocycles. The van der Waals surface area contributed by atoms with Crippen LogP contribution in [0.3, 0.4) is 0 Å². The van der Waals surface area contributed by atoms with Crippen LogP contribution in [0.25, 0.3) is 0 Å². The van der Waals surface area contributed by atoms with Gasteiger partial charge in [0.2, 0.25) is 5.96 Å². The Morgan fingerprint density at radius 2 is 1.80 bits per heavy atom. The molecule has 0 aliphatic heterocycles. The summed E-state index contributed by atoms with van der Waals surface area (Å²) >= 11 is 17.6. The molecule has 0 saturated heterocycles. The molecule has 7 heteroatoms. The highest BCUT2D eigenvalue weighted by atomic mass is 35.5. The first kappa shape index (κ1) is 12.4. The van der Waals surface area contributed by atoms with Crippen LogP contribution in [0.15, 0.2) is 17.1 Å². The fraction of sp³-hybridized carbons (Fsp3) is 0.125. The van der Waals surface area contributed by atoms with Crippen LogP contribution in [-0.2, 0) is 0 Å². The van der Waals surface area contributed by atoms with Gasteiger partial charge in [0.1, 0.15) is 0 Å². The van der Waals surface area contributed by atoms with Gasteiger partial charge in [0.25, 0.3) is 0 Å². The Kier molecular flexibility index (Phi) is 4.47. The van der Waals surface area contributed by atoms with Gasteiger partial charge in [-0.3, -0.25) is 10.4 Å². The molecule has 0 aliphatic carbocycles. The summed E-state index contributed by atoms with van der Waals surface area (Å²) in [5.74, 6) is 5.55. The van der Waals surface area contributed by atoms with Crippen molar-refractivity contribution in [1.82, 2.24) is 5.43 Å². The third-order valence-electron chi connectivity index (χ3n) is 1.61. The van der Waals surface area contributed by atoms with Gasteiger partial charge >= 0.3 is 0 Å². The SMILES string of the molecule is CN=C(NN)Nc1c(Cl)cc(Cl)cc1Cl. The third kappa shape index (κ3) is 3.14. The van der Waals surface area contributed by atoms with Gasteiger partial charge in [0.05, 0.1) is 15.7 Å². The summed E-state index contributed by atoms with van der Waals surface area (Å²) in [5, 5.41) is 4.08. The summed E-state index contributed by atoms with van der Waals surface area (Å²) < 4.78 is 0. The van der Waals surface area contributed by atoms with Crippen molar-refractivity contribution in [3.05, 3.63) is 27.2 Å². The number of anilines is 1. The number of rotatable bonds is 1. The summed E-state index contributed by atoms with van der Waals surface area (Å²) in [4.78, 5) is 3.83. The number of benzene rings is 1. The number of nitrogens with zero attached hydrogens (tertiary/aromatic N) is 1. The van der Waals surface area contributed by atoms with E-state index in [9.17, 15) is 0 Å². The molecule has 0 heterocycles. The Balaban J connectivity index is 3.05. The zero-order valence-corrected chi connectivity index (χ0v) is 10.1. The maximum Gasteiger partial charge on any atom is 0.210 e. The molecule has 0 atom stereocenters. The maximum absolute atomic E-state index is 5.94. The monoisotopic (exact) mass is 266 g/mol. The van der Waals surface area contributed by atoms with Crippen molar-refractivity contribution in [1.29, 1.82) is 0 Å². The summed E-state index contributed by atoms with van der Waals surface area (Å²) in [6.07, 6.45) is 0. The number of hydrogen-bond donors (Lipinski definition) is 3. The molecule has 1 aromatic rings. The highest BCUT2D eigenvalue weighted by molar-refractivity contribution is 6.42. The largest absolute Gasteiger partial charge is 0.323 e. The lowest BCUT2D eigenvalue weighted by Crippen LogP contribution is -2.36. The second-order valence-corrected chi connectivity index (χ2v) is 3.84. The van der Waals surface area contributed by atoms with Crippen LogP contribution in [0.1, 0.15) is 0 Å². The van der Waals surface area contributed by atoms with E-state index in [4.69, 9.17) is 40.6 Å². The van der Waals surface area contributed by atoms with Gasteiger partial charge in [-0.1, -0.05) is 34.8 Å². The number of nitrogens with two attached hydrogens (primary N) is 1. The zero-order chi connectivity index (χ0) is 11.4. The van der Waals surface area contributed by atoms with Crippen LogP contribution in [0.2, 0.25) is 15.1 Å². The molecule has 0 radical (unpaired) electrons. The lowest BCUT2D eigenvalue weighted by molar-refractivity contribution is 1.01. The molecule has 0 fully saturated rings. The van der Waals surface area contributed by atoms with Crippen molar-refractivity contribution >= 4 is 46.4 Å². The molecule has 15 heavy (non-hydrogen) atoms. The summed E-state index contributed by atoms with van der Waals surface area (Å²) in [7, 11) is 1.57. The number of aliphatic imine (C=N–C) groups is 1. The molecule has 0 aliphatic rings. The van der Waals surface area contributed by atoms with Crippen LogP contribution in [0.4, 0.5) is 5.69 Å². The van der Waals surface area contributed by atoms with Crippen molar-refractivity contribution in [2.75, 3.05) is 12.4 Å². The fourth-order valence-corrected chi connectivity index (χ4v) is 1.85. The molecule has 0 spiro atoms. The lowest BCUT2D eigenvalue weighted by atomic mass is 10.3. The van der Waals surface area contributed by atoms with Gasteiger partial charge < -0.3 is 5.32 Å². The molecule has 1 aromatic carbocycles. The van der Waals surface area contributed by atoms with E-state index in [1.54, 1.807) is 19.2 Å². The van der Waals surface area contributed by atoms with Crippen LogP contribution >= 0.6 is 34.8 Å². The predicted molar refractivity (Wildman–Crippen MR) is 65.8 cm³/mol. The van der Waals surface area contributed by atoms with E-state index in [0.717, 1.165) is 0 Å². The van der Waals surface area contributed by atoms with Gasteiger partial charge in [-0.2, -0.15) is 0 Å². The molecule has 0 unspecified atom stereocenters. The topological polar surface area (TPSA) is 62.4 Å². The molecule has 4 nitrogen and oxygen atoms in total. The first-order valence-corrected chi connectivity index (χ1v) is 5.07. The van der Waals surface area contributed by atoms with Gasteiger partial charge in [-0.05, 0) is 12.1 Å². The minimum absolute atomic E-state index is 0.348. The van der Waals surface area contributed by atoms with Crippen molar-refractivity contribution in [3.8, 4) is 0 Å². The molecule has 82 valence electrons. The lowest BCUT2D eigenvalue weighted by Gasteiger charge is -2.11. The number of halogens is 3. The predicted octanol–water partition coefficient (Wildman–Crippen LogP) is 2.51. The summed E-state index contributed by atoms with van der Waals surface area (Å²) in [6, 6.07) is 3.14. The number of hydrogen-bond acceptors (Lipinski definition) is 2. The molecule has 0 amide bonds. The second kappa shape index (κ2) is 5.42. The van der Waals surface area contributed by atoms with Gasteiger partial charge in [0.15, 0.2) is 0 Å². The molecule has 0 bridgehead atoms. The minimum Gasteiger partial charge on any atom is -0.323 e. The van der Waals surface area contributed by atoms with Gasteiger partial charge in [-0.15, -0.1) is 0 Å². The first-order valence-electron chi connectivity index (χ1n) is 3.93. The van der Waals surface area contributed by atoms with Gasteiger partial charge in [-0.25, -0.2) is 5.84 Å². The fourth-order valence-electron chi connectivity index (χ4n) is 0.937. The molecule has 4 N–H and O–H groups in total. The van der Waals surface area contributed by atoms with Crippen LogP contribution in [0, 0.1) is 0 Å². The number of hydrazine groups is 1. The quantitative estimate of drug-likeness (QED) is 0.317. The molecular weight excluding hydrogens is 258 g/mol. The van der Waals surface area contributed by atoms with E-state index in [0.29, 0.717) is 26.7 Å². The Labute approximate surface area is 102 Å². The van der Waals surface area contributed by atoms with Crippen LogP contribution < -0.4 is 16.6 Å². The Hall–Kier alpha value is -0.680. The Morgan fingerprint density at radius 3 is 2.20 bits per heavy atom. The Morgan fingerprint density at radius 1 is 1.27 bits per heavy atom. The van der Waals surface area contributed by atoms with Crippen molar-refractivity contribution in [2.24, 2.45) is 10.8 Å². The number of nitrogens with one attached hydrogen (secondary N) is 2. The molecule has 0 saturated carbocycles. The maximum atomic E-state index is 5.94.